The molecule has 9 heteroatoms. The molecule has 6 nitrogen and oxygen atoms in total. The van der Waals surface area contributed by atoms with Crippen LogP contribution < -0.4 is 11.2 Å². The number of H-pyrrole nitrogens is 2. The van der Waals surface area contributed by atoms with Gasteiger partial charge in [0, 0.05) is 7.05 Å². The molecule has 0 atom stereocenters. The summed E-state index contributed by atoms with van der Waals surface area (Å²) < 4.78 is 37.7. The lowest BCUT2D eigenvalue weighted by atomic mass is 10.5. The van der Waals surface area contributed by atoms with Gasteiger partial charge in [-0.25, -0.2) is 9.78 Å². The first-order valence-corrected chi connectivity index (χ1v) is 4.07. The normalized spacial score (nSPS) is 12.2. The Balaban J connectivity index is 2.91. The van der Waals surface area contributed by atoms with Crippen LogP contribution in [0.2, 0.25) is 0 Å². The molecule has 0 amide bonds. The SMILES string of the molecule is Cn1c(=O)[nH]c(=O)c2[nH]c(C(F)(F)F)nc21. The molecule has 2 rings (SSSR count). The number of imidazole rings is 1. The van der Waals surface area contributed by atoms with E-state index in [9.17, 15) is 22.8 Å². The summed E-state index contributed by atoms with van der Waals surface area (Å²) in [4.78, 5) is 29.1. The summed E-state index contributed by atoms with van der Waals surface area (Å²) in [6, 6.07) is 0. The van der Waals surface area contributed by atoms with Crippen molar-refractivity contribution in [1.29, 1.82) is 0 Å². The summed E-state index contributed by atoms with van der Waals surface area (Å²) in [6.07, 6.45) is -4.69. The number of aryl methyl sites for hydroxylation is 1. The predicted octanol–water partition coefficient (Wildman–Crippen LogP) is -0.0313. The maximum atomic E-state index is 12.3. The Bertz CT molecular complexity index is 663. The summed E-state index contributed by atoms with van der Waals surface area (Å²) in [6.45, 7) is 0. The Labute approximate surface area is 84.7 Å². The van der Waals surface area contributed by atoms with Gasteiger partial charge in [-0.05, 0) is 0 Å². The molecule has 0 unspecified atom stereocenters. The lowest BCUT2D eigenvalue weighted by Gasteiger charge is -1.98. The van der Waals surface area contributed by atoms with Crippen molar-refractivity contribution in [3.8, 4) is 0 Å². The van der Waals surface area contributed by atoms with E-state index in [0.717, 1.165) is 4.57 Å². The molecule has 0 aliphatic carbocycles. The van der Waals surface area contributed by atoms with E-state index in [0.29, 0.717) is 0 Å². The minimum atomic E-state index is -4.69. The highest BCUT2D eigenvalue weighted by molar-refractivity contribution is 5.69. The molecule has 0 radical (unpaired) electrons. The van der Waals surface area contributed by atoms with E-state index < -0.39 is 23.2 Å². The molecule has 2 N–H and O–H groups in total. The van der Waals surface area contributed by atoms with Gasteiger partial charge in [-0.15, -0.1) is 0 Å². The summed E-state index contributed by atoms with van der Waals surface area (Å²) in [5.74, 6) is -1.31. The van der Waals surface area contributed by atoms with Crippen LogP contribution in [0.3, 0.4) is 0 Å². The molecule has 0 fully saturated rings. The second-order valence-corrected chi connectivity index (χ2v) is 3.10. The fourth-order valence-electron chi connectivity index (χ4n) is 1.24. The molecule has 0 saturated carbocycles. The number of hydrogen-bond donors (Lipinski definition) is 2. The van der Waals surface area contributed by atoms with Crippen LogP contribution in [-0.2, 0) is 13.2 Å². The average Bonchev–Trinajstić information content (AvgIpc) is 2.58. The Morgan fingerprint density at radius 1 is 1.25 bits per heavy atom. The topological polar surface area (TPSA) is 83.5 Å². The molecular weight excluding hydrogens is 229 g/mol. The Morgan fingerprint density at radius 2 is 1.88 bits per heavy atom. The van der Waals surface area contributed by atoms with E-state index >= 15 is 0 Å². The molecule has 0 saturated heterocycles. The lowest BCUT2D eigenvalue weighted by Crippen LogP contribution is -2.28. The monoisotopic (exact) mass is 234 g/mol. The van der Waals surface area contributed by atoms with E-state index in [1.807, 2.05) is 9.97 Å². The first-order chi connectivity index (χ1) is 7.30. The van der Waals surface area contributed by atoms with Crippen molar-refractivity contribution in [1.82, 2.24) is 19.5 Å². The van der Waals surface area contributed by atoms with Crippen molar-refractivity contribution >= 4 is 11.2 Å². The quantitative estimate of drug-likeness (QED) is 0.671. The molecular formula is C7H5F3N4O2. The van der Waals surface area contributed by atoms with Gasteiger partial charge >= 0.3 is 11.9 Å². The zero-order chi connectivity index (χ0) is 12.1. The van der Waals surface area contributed by atoms with E-state index in [-0.39, 0.29) is 11.2 Å². The van der Waals surface area contributed by atoms with E-state index in [2.05, 4.69) is 4.98 Å². The first-order valence-electron chi connectivity index (χ1n) is 4.07. The van der Waals surface area contributed by atoms with Crippen molar-refractivity contribution in [3.05, 3.63) is 26.7 Å². The minimum absolute atomic E-state index is 0.332. The van der Waals surface area contributed by atoms with Gasteiger partial charge in [-0.3, -0.25) is 14.3 Å². The zero-order valence-corrected chi connectivity index (χ0v) is 7.84. The largest absolute Gasteiger partial charge is 0.449 e. The number of aromatic nitrogens is 4. The van der Waals surface area contributed by atoms with Gasteiger partial charge in [0.2, 0.25) is 5.82 Å². The summed E-state index contributed by atoms with van der Waals surface area (Å²) in [5, 5.41) is 0. The molecule has 0 aromatic carbocycles. The molecule has 0 aliphatic heterocycles. The average molecular weight is 234 g/mol. The third-order valence-corrected chi connectivity index (χ3v) is 2.02. The summed E-state index contributed by atoms with van der Waals surface area (Å²) in [7, 11) is 1.21. The number of halogens is 3. The van der Waals surface area contributed by atoms with Gasteiger partial charge in [-0.2, -0.15) is 13.2 Å². The van der Waals surface area contributed by atoms with Crippen LogP contribution in [0.4, 0.5) is 13.2 Å². The van der Waals surface area contributed by atoms with Crippen molar-refractivity contribution < 1.29 is 13.2 Å². The minimum Gasteiger partial charge on any atom is -0.328 e. The fraction of sp³-hybridized carbons (Fsp3) is 0.286. The van der Waals surface area contributed by atoms with Gasteiger partial charge in [0.05, 0.1) is 0 Å². The summed E-state index contributed by atoms with van der Waals surface area (Å²) in [5.41, 5.74) is -2.46. The van der Waals surface area contributed by atoms with E-state index in [1.165, 1.54) is 7.05 Å². The molecule has 0 spiro atoms. The smallest absolute Gasteiger partial charge is 0.328 e. The van der Waals surface area contributed by atoms with Crippen molar-refractivity contribution in [2.45, 2.75) is 6.18 Å². The molecule has 16 heavy (non-hydrogen) atoms. The van der Waals surface area contributed by atoms with Gasteiger partial charge in [0.25, 0.3) is 5.56 Å². The lowest BCUT2D eigenvalue weighted by molar-refractivity contribution is -0.144. The second kappa shape index (κ2) is 2.97. The van der Waals surface area contributed by atoms with Gasteiger partial charge in [-0.1, -0.05) is 0 Å². The Kier molecular flexibility index (Phi) is 1.94. The first kappa shape index (κ1) is 10.5. The van der Waals surface area contributed by atoms with Crippen molar-refractivity contribution in [3.63, 3.8) is 0 Å². The van der Waals surface area contributed by atoms with Gasteiger partial charge in [0.1, 0.15) is 5.52 Å². The molecule has 2 aromatic heterocycles. The fourth-order valence-corrected chi connectivity index (χ4v) is 1.24. The maximum Gasteiger partial charge on any atom is 0.449 e. The van der Waals surface area contributed by atoms with Crippen LogP contribution >= 0.6 is 0 Å². The van der Waals surface area contributed by atoms with Crippen LogP contribution in [0.5, 0.6) is 0 Å². The Morgan fingerprint density at radius 3 is 2.44 bits per heavy atom. The standard InChI is InChI=1S/C7H5F3N4O2/c1-14-3-2(4(15)13-6(14)16)11-5(12-3)7(8,9)10/h1H3,(H,11,12)(H,13,15,16). The highest BCUT2D eigenvalue weighted by atomic mass is 19.4. The van der Waals surface area contributed by atoms with Crippen molar-refractivity contribution in [2.24, 2.45) is 7.05 Å². The van der Waals surface area contributed by atoms with Crippen LogP contribution in [0.1, 0.15) is 5.82 Å². The Hall–Kier alpha value is -2.06. The number of rotatable bonds is 0. The van der Waals surface area contributed by atoms with Crippen LogP contribution in [0.25, 0.3) is 11.2 Å². The molecule has 86 valence electrons. The molecule has 0 bridgehead atoms. The number of nitrogens with one attached hydrogen (secondary N) is 2. The summed E-state index contributed by atoms with van der Waals surface area (Å²) >= 11 is 0. The third kappa shape index (κ3) is 1.40. The number of alkyl halides is 3. The number of fused-ring (bicyclic) bond motifs is 1. The zero-order valence-electron chi connectivity index (χ0n) is 7.84. The maximum absolute atomic E-state index is 12.3. The van der Waals surface area contributed by atoms with Crippen LogP contribution in [-0.4, -0.2) is 19.5 Å². The molecule has 0 aliphatic rings. The third-order valence-electron chi connectivity index (χ3n) is 2.02. The number of hydrogen-bond acceptors (Lipinski definition) is 3. The molecule has 2 heterocycles. The van der Waals surface area contributed by atoms with E-state index in [1.54, 1.807) is 0 Å². The predicted molar refractivity (Wildman–Crippen MR) is 47.0 cm³/mol. The number of aromatic amines is 2. The molecule has 2 aromatic rings. The highest BCUT2D eigenvalue weighted by Gasteiger charge is 2.35. The van der Waals surface area contributed by atoms with Crippen LogP contribution in [0.15, 0.2) is 9.59 Å². The van der Waals surface area contributed by atoms with Gasteiger partial charge < -0.3 is 4.98 Å². The van der Waals surface area contributed by atoms with Crippen molar-refractivity contribution in [2.75, 3.05) is 0 Å². The highest BCUT2D eigenvalue weighted by Crippen LogP contribution is 2.27. The van der Waals surface area contributed by atoms with Crippen LogP contribution in [0, 0.1) is 0 Å². The second-order valence-electron chi connectivity index (χ2n) is 3.10. The van der Waals surface area contributed by atoms with E-state index in [4.69, 9.17) is 0 Å². The van der Waals surface area contributed by atoms with Gasteiger partial charge in [0.15, 0.2) is 5.65 Å². The number of nitrogens with zero attached hydrogens (tertiary/aromatic N) is 2.